The molecule has 0 atom stereocenters. The third-order valence-electron chi connectivity index (χ3n) is 4.32. The third kappa shape index (κ3) is 5.33. The van der Waals surface area contributed by atoms with Crippen LogP contribution >= 0.6 is 0 Å². The molecule has 164 valence electrons. The number of carbonyl (C=O) groups is 2. The van der Waals surface area contributed by atoms with E-state index in [0.29, 0.717) is 28.4 Å². The number of rotatable bonds is 7. The molecule has 32 heavy (non-hydrogen) atoms. The largest absolute Gasteiger partial charge is 0.508 e. The Balaban J connectivity index is 1.60. The van der Waals surface area contributed by atoms with E-state index in [4.69, 9.17) is 14.2 Å². The quantitative estimate of drug-likeness (QED) is 0.225. The van der Waals surface area contributed by atoms with Crippen LogP contribution in [-0.4, -0.2) is 42.5 Å². The van der Waals surface area contributed by atoms with Gasteiger partial charge in [0.2, 0.25) is 0 Å². The van der Waals surface area contributed by atoms with Gasteiger partial charge < -0.3 is 24.4 Å². The number of phenols is 2. The summed E-state index contributed by atoms with van der Waals surface area (Å²) in [5.74, 6) is -0.489. The van der Waals surface area contributed by atoms with Gasteiger partial charge in [0, 0.05) is 6.07 Å². The lowest BCUT2D eigenvalue weighted by atomic mass is 10.2. The van der Waals surface area contributed by atoms with Gasteiger partial charge in [0.25, 0.3) is 5.91 Å². The Morgan fingerprint density at radius 1 is 0.906 bits per heavy atom. The highest BCUT2D eigenvalue weighted by molar-refractivity contribution is 5.97. The van der Waals surface area contributed by atoms with Crippen LogP contribution < -0.4 is 19.6 Å². The van der Waals surface area contributed by atoms with E-state index in [0.717, 1.165) is 6.07 Å². The highest BCUT2D eigenvalue weighted by Crippen LogP contribution is 2.28. The zero-order valence-electron chi connectivity index (χ0n) is 17.2. The Labute approximate surface area is 183 Å². The van der Waals surface area contributed by atoms with Crippen LogP contribution in [0.15, 0.2) is 65.8 Å². The van der Waals surface area contributed by atoms with Crippen LogP contribution in [-0.2, 0) is 0 Å². The lowest BCUT2D eigenvalue weighted by Gasteiger charge is -2.09. The van der Waals surface area contributed by atoms with Gasteiger partial charge in [-0.3, -0.25) is 4.79 Å². The fourth-order valence-corrected chi connectivity index (χ4v) is 2.69. The lowest BCUT2D eigenvalue weighted by Crippen LogP contribution is -2.17. The molecule has 0 saturated heterocycles. The number of benzene rings is 3. The number of nitrogens with one attached hydrogen (secondary N) is 1. The van der Waals surface area contributed by atoms with E-state index in [1.54, 1.807) is 36.4 Å². The predicted octanol–water partition coefficient (Wildman–Crippen LogP) is 3.10. The molecule has 9 nitrogen and oxygen atoms in total. The van der Waals surface area contributed by atoms with Crippen LogP contribution in [0.2, 0.25) is 0 Å². The van der Waals surface area contributed by atoms with E-state index < -0.39 is 11.9 Å². The normalized spacial score (nSPS) is 10.6. The lowest BCUT2D eigenvalue weighted by molar-refractivity contribution is 0.0734. The number of esters is 1. The van der Waals surface area contributed by atoms with Gasteiger partial charge in [-0.2, -0.15) is 5.10 Å². The fourth-order valence-electron chi connectivity index (χ4n) is 2.69. The molecule has 0 unspecified atom stereocenters. The zero-order chi connectivity index (χ0) is 23.1. The number of hydrazone groups is 1. The number of methoxy groups -OCH3 is 2. The molecule has 0 radical (unpaired) electrons. The number of carbonyl (C=O) groups excluding carboxylic acids is 2. The molecule has 0 heterocycles. The smallest absolute Gasteiger partial charge is 0.343 e. The van der Waals surface area contributed by atoms with Gasteiger partial charge in [0.15, 0.2) is 11.5 Å². The number of hydrogen-bond acceptors (Lipinski definition) is 8. The summed E-state index contributed by atoms with van der Waals surface area (Å²) in [5, 5.41) is 22.8. The van der Waals surface area contributed by atoms with Crippen molar-refractivity contribution >= 4 is 18.1 Å². The fraction of sp³-hybridized carbons (Fsp3) is 0.0870. The molecule has 0 aliphatic rings. The second-order valence-corrected chi connectivity index (χ2v) is 6.43. The van der Waals surface area contributed by atoms with E-state index in [2.05, 4.69) is 10.5 Å². The van der Waals surface area contributed by atoms with Crippen molar-refractivity contribution in [3.63, 3.8) is 0 Å². The van der Waals surface area contributed by atoms with Crippen LogP contribution in [0.5, 0.6) is 28.7 Å². The van der Waals surface area contributed by atoms with Crippen LogP contribution in [0.3, 0.4) is 0 Å². The summed E-state index contributed by atoms with van der Waals surface area (Å²) in [6.07, 6.45) is 1.38. The number of aromatic hydroxyl groups is 2. The summed E-state index contributed by atoms with van der Waals surface area (Å²) in [4.78, 5) is 24.4. The molecule has 1 amide bonds. The molecule has 0 aromatic heterocycles. The molecule has 0 bridgehead atoms. The van der Waals surface area contributed by atoms with Gasteiger partial charge in [-0.25, -0.2) is 10.2 Å². The van der Waals surface area contributed by atoms with Crippen LogP contribution in [0.4, 0.5) is 0 Å². The first-order chi connectivity index (χ1) is 15.4. The average molecular weight is 436 g/mol. The van der Waals surface area contributed by atoms with Crippen LogP contribution in [0.1, 0.15) is 26.3 Å². The first-order valence-electron chi connectivity index (χ1n) is 9.31. The second kappa shape index (κ2) is 9.98. The maximum absolute atomic E-state index is 12.4. The summed E-state index contributed by atoms with van der Waals surface area (Å²) >= 11 is 0. The molecule has 3 aromatic rings. The third-order valence-corrected chi connectivity index (χ3v) is 4.32. The summed E-state index contributed by atoms with van der Waals surface area (Å²) < 4.78 is 15.7. The van der Waals surface area contributed by atoms with Crippen molar-refractivity contribution in [1.29, 1.82) is 0 Å². The molecule has 3 N–H and O–H groups in total. The second-order valence-electron chi connectivity index (χ2n) is 6.43. The van der Waals surface area contributed by atoms with Crippen molar-refractivity contribution in [1.82, 2.24) is 5.43 Å². The maximum Gasteiger partial charge on any atom is 0.343 e. The molecule has 0 fully saturated rings. The van der Waals surface area contributed by atoms with Gasteiger partial charge >= 0.3 is 5.97 Å². The minimum absolute atomic E-state index is 0.0302. The van der Waals surface area contributed by atoms with Gasteiger partial charge in [-0.05, 0) is 60.2 Å². The van der Waals surface area contributed by atoms with Crippen LogP contribution in [0, 0.1) is 0 Å². The van der Waals surface area contributed by atoms with Crippen molar-refractivity contribution in [2.24, 2.45) is 5.10 Å². The molecule has 3 rings (SSSR count). The molecule has 0 aliphatic carbocycles. The van der Waals surface area contributed by atoms with Crippen molar-refractivity contribution in [2.45, 2.75) is 0 Å². The monoisotopic (exact) mass is 436 g/mol. The van der Waals surface area contributed by atoms with Crippen molar-refractivity contribution < 1.29 is 34.0 Å². The van der Waals surface area contributed by atoms with Gasteiger partial charge in [-0.1, -0.05) is 0 Å². The summed E-state index contributed by atoms with van der Waals surface area (Å²) in [6, 6.07) is 14.8. The number of nitrogens with zero attached hydrogens (tertiary/aromatic N) is 1. The van der Waals surface area contributed by atoms with E-state index in [-0.39, 0.29) is 17.1 Å². The minimum atomic E-state index is -0.640. The van der Waals surface area contributed by atoms with E-state index in [1.165, 1.54) is 38.6 Å². The topological polar surface area (TPSA) is 127 Å². The first kappa shape index (κ1) is 22.2. The van der Waals surface area contributed by atoms with Crippen molar-refractivity contribution in [3.05, 3.63) is 77.4 Å². The van der Waals surface area contributed by atoms with Crippen LogP contribution in [0.25, 0.3) is 0 Å². The number of ether oxygens (including phenoxy) is 3. The molecule has 0 spiro atoms. The molecular formula is C23H20N2O7. The summed E-state index contributed by atoms with van der Waals surface area (Å²) in [7, 11) is 2.98. The van der Waals surface area contributed by atoms with Gasteiger partial charge in [-0.15, -0.1) is 0 Å². The van der Waals surface area contributed by atoms with Crippen molar-refractivity contribution in [3.8, 4) is 28.7 Å². The molecule has 0 aliphatic heterocycles. The summed E-state index contributed by atoms with van der Waals surface area (Å²) in [5.41, 5.74) is 3.18. The molecule has 0 saturated carbocycles. The summed E-state index contributed by atoms with van der Waals surface area (Å²) in [6.45, 7) is 0. The number of amides is 1. The number of hydrogen-bond donors (Lipinski definition) is 3. The molecule has 9 heteroatoms. The highest BCUT2D eigenvalue weighted by Gasteiger charge is 2.13. The molecule has 3 aromatic carbocycles. The van der Waals surface area contributed by atoms with Crippen molar-refractivity contribution in [2.75, 3.05) is 14.2 Å². The highest BCUT2D eigenvalue weighted by atomic mass is 16.5. The SMILES string of the molecule is COc1ccc(C(=O)Oc2ccc(/C=N\NC(=O)c3ccc(O)cc3O)cc2)cc1OC. The predicted molar refractivity (Wildman–Crippen MR) is 116 cm³/mol. The van der Waals surface area contributed by atoms with E-state index >= 15 is 0 Å². The standard InChI is InChI=1S/C23H20N2O7/c1-30-20-10-5-15(11-21(20)31-2)23(29)32-17-7-3-14(4-8-17)13-24-25-22(28)18-9-6-16(26)12-19(18)27/h3-13,26-27H,1-2H3,(H,25,28)/b24-13-. The Hall–Kier alpha value is -4.53. The molecular weight excluding hydrogens is 416 g/mol. The zero-order valence-corrected chi connectivity index (χ0v) is 17.2. The minimum Gasteiger partial charge on any atom is -0.508 e. The van der Waals surface area contributed by atoms with E-state index in [1.807, 2.05) is 0 Å². The number of phenolic OH excluding ortho intramolecular Hbond substituents is 2. The Kier molecular flexibility index (Phi) is 6.92. The van der Waals surface area contributed by atoms with Gasteiger partial charge in [0.05, 0.1) is 31.6 Å². The maximum atomic E-state index is 12.4. The average Bonchev–Trinajstić information content (AvgIpc) is 2.79. The van der Waals surface area contributed by atoms with Gasteiger partial charge in [0.1, 0.15) is 17.2 Å². The Morgan fingerprint density at radius 3 is 2.28 bits per heavy atom. The van der Waals surface area contributed by atoms with E-state index in [9.17, 15) is 19.8 Å². The Morgan fingerprint density at radius 2 is 1.62 bits per heavy atom. The first-order valence-corrected chi connectivity index (χ1v) is 9.31. The Bertz CT molecular complexity index is 1160.